The van der Waals surface area contributed by atoms with Crippen molar-refractivity contribution in [3.63, 3.8) is 0 Å². The average Bonchev–Trinajstić information content (AvgIpc) is 2.33. The molecule has 2 rings (SSSR count). The first-order valence-electron chi connectivity index (χ1n) is 8.65. The molecule has 0 heterocycles. The van der Waals surface area contributed by atoms with E-state index in [0.717, 1.165) is 13.2 Å². The van der Waals surface area contributed by atoms with Gasteiger partial charge in [0, 0.05) is 11.8 Å². The van der Waals surface area contributed by atoms with Crippen LogP contribution in [-0.4, -0.2) is 13.2 Å². The quantitative estimate of drug-likeness (QED) is 0.597. The van der Waals surface area contributed by atoms with Gasteiger partial charge in [-0.25, -0.2) is 0 Å². The summed E-state index contributed by atoms with van der Waals surface area (Å²) in [5.74, 6) is 1.28. The highest BCUT2D eigenvalue weighted by Crippen LogP contribution is 2.38. The van der Waals surface area contributed by atoms with E-state index in [0.29, 0.717) is 22.7 Å². The zero-order valence-corrected chi connectivity index (χ0v) is 15.0. The van der Waals surface area contributed by atoms with Crippen LogP contribution in [0.3, 0.4) is 0 Å². The summed E-state index contributed by atoms with van der Waals surface area (Å²) in [7, 11) is 0. The van der Waals surface area contributed by atoms with Crippen molar-refractivity contribution in [3.05, 3.63) is 23.3 Å². The summed E-state index contributed by atoms with van der Waals surface area (Å²) in [6.07, 6.45) is 10.0. The summed E-state index contributed by atoms with van der Waals surface area (Å²) in [5, 5.41) is 0. The Morgan fingerprint density at radius 3 is 1.57 bits per heavy atom. The Bertz CT molecular complexity index is 385. The van der Waals surface area contributed by atoms with E-state index in [9.17, 15) is 0 Å². The van der Waals surface area contributed by atoms with E-state index in [1.165, 1.54) is 36.8 Å². The predicted octanol–water partition coefficient (Wildman–Crippen LogP) is 5.77. The molecule has 0 saturated heterocycles. The van der Waals surface area contributed by atoms with Crippen LogP contribution in [0.5, 0.6) is 0 Å². The number of ether oxygens (including phenoxy) is 1. The number of hydrogen-bond donors (Lipinski definition) is 0. The summed E-state index contributed by atoms with van der Waals surface area (Å²) in [6, 6.07) is 0. The molecule has 2 unspecified atom stereocenters. The van der Waals surface area contributed by atoms with Crippen molar-refractivity contribution in [1.29, 1.82) is 0 Å². The molecule has 0 aromatic rings. The molecular weight excluding hydrogens is 256 g/mol. The SMILES string of the molecule is CC1=CC(C)(C)CCC1COCC1CCC(C)(C)C=C1C. The average molecular weight is 290 g/mol. The maximum Gasteiger partial charge on any atom is 0.0531 e. The van der Waals surface area contributed by atoms with Gasteiger partial charge in [0.15, 0.2) is 0 Å². The van der Waals surface area contributed by atoms with Crippen LogP contribution in [0.1, 0.15) is 67.2 Å². The van der Waals surface area contributed by atoms with Crippen LogP contribution in [0.2, 0.25) is 0 Å². The molecule has 2 atom stereocenters. The van der Waals surface area contributed by atoms with Crippen LogP contribution in [0.25, 0.3) is 0 Å². The molecule has 0 saturated carbocycles. The van der Waals surface area contributed by atoms with Crippen molar-refractivity contribution >= 4 is 0 Å². The molecule has 0 aliphatic heterocycles. The van der Waals surface area contributed by atoms with Gasteiger partial charge in [0.25, 0.3) is 0 Å². The molecule has 1 heteroatoms. The van der Waals surface area contributed by atoms with Crippen LogP contribution >= 0.6 is 0 Å². The number of rotatable bonds is 4. The lowest BCUT2D eigenvalue weighted by Crippen LogP contribution is -2.25. The third-order valence-corrected chi connectivity index (χ3v) is 5.44. The molecule has 120 valence electrons. The van der Waals surface area contributed by atoms with E-state index in [2.05, 4.69) is 53.7 Å². The first-order chi connectivity index (χ1) is 9.69. The van der Waals surface area contributed by atoms with Crippen molar-refractivity contribution in [1.82, 2.24) is 0 Å². The second kappa shape index (κ2) is 6.28. The lowest BCUT2D eigenvalue weighted by Gasteiger charge is -2.34. The van der Waals surface area contributed by atoms with E-state index in [1.807, 2.05) is 0 Å². The summed E-state index contributed by atoms with van der Waals surface area (Å²) < 4.78 is 6.11. The topological polar surface area (TPSA) is 9.23 Å². The first-order valence-corrected chi connectivity index (χ1v) is 8.65. The lowest BCUT2D eigenvalue weighted by atomic mass is 9.75. The van der Waals surface area contributed by atoms with Crippen LogP contribution in [0, 0.1) is 22.7 Å². The van der Waals surface area contributed by atoms with Crippen molar-refractivity contribution in [3.8, 4) is 0 Å². The van der Waals surface area contributed by atoms with Gasteiger partial charge in [0.1, 0.15) is 0 Å². The minimum atomic E-state index is 0.384. The molecule has 0 fully saturated rings. The highest BCUT2D eigenvalue weighted by Gasteiger charge is 2.27. The largest absolute Gasteiger partial charge is 0.380 e. The molecule has 0 bridgehead atoms. The van der Waals surface area contributed by atoms with E-state index in [1.54, 1.807) is 0 Å². The normalized spacial score (nSPS) is 31.5. The van der Waals surface area contributed by atoms with Crippen molar-refractivity contribution < 1.29 is 4.74 Å². The Hall–Kier alpha value is -0.560. The van der Waals surface area contributed by atoms with E-state index >= 15 is 0 Å². The van der Waals surface area contributed by atoms with Gasteiger partial charge in [-0.1, -0.05) is 51.0 Å². The van der Waals surface area contributed by atoms with Gasteiger partial charge in [-0.15, -0.1) is 0 Å². The van der Waals surface area contributed by atoms with Crippen LogP contribution in [-0.2, 0) is 4.74 Å². The van der Waals surface area contributed by atoms with E-state index < -0.39 is 0 Å². The van der Waals surface area contributed by atoms with Gasteiger partial charge >= 0.3 is 0 Å². The second-order valence-corrected chi connectivity index (χ2v) is 8.76. The molecule has 2 aliphatic rings. The van der Waals surface area contributed by atoms with Crippen molar-refractivity contribution in [2.45, 2.75) is 67.2 Å². The zero-order valence-electron chi connectivity index (χ0n) is 15.0. The number of hydrogen-bond acceptors (Lipinski definition) is 1. The van der Waals surface area contributed by atoms with E-state index in [-0.39, 0.29) is 0 Å². The number of allylic oxidation sites excluding steroid dienone is 2. The molecule has 0 amide bonds. The van der Waals surface area contributed by atoms with E-state index in [4.69, 9.17) is 4.74 Å². The van der Waals surface area contributed by atoms with Gasteiger partial charge in [-0.2, -0.15) is 0 Å². The molecule has 0 N–H and O–H groups in total. The van der Waals surface area contributed by atoms with Crippen molar-refractivity contribution in [2.75, 3.05) is 13.2 Å². The van der Waals surface area contributed by atoms with Crippen LogP contribution in [0.4, 0.5) is 0 Å². The molecule has 21 heavy (non-hydrogen) atoms. The Kier molecular flexibility index (Phi) is 5.03. The Morgan fingerprint density at radius 2 is 1.24 bits per heavy atom. The second-order valence-electron chi connectivity index (χ2n) is 8.76. The maximum atomic E-state index is 6.11. The summed E-state index contributed by atoms with van der Waals surface area (Å²) in [6.45, 7) is 15.7. The third-order valence-electron chi connectivity index (χ3n) is 5.44. The fourth-order valence-electron chi connectivity index (χ4n) is 3.94. The van der Waals surface area contributed by atoms with Gasteiger partial charge in [-0.05, 0) is 50.4 Å². The minimum absolute atomic E-state index is 0.384. The van der Waals surface area contributed by atoms with Crippen LogP contribution < -0.4 is 0 Å². The molecular formula is C20H34O. The predicted molar refractivity (Wildman–Crippen MR) is 91.3 cm³/mol. The maximum absolute atomic E-state index is 6.11. The molecule has 0 aromatic carbocycles. The smallest absolute Gasteiger partial charge is 0.0531 e. The molecule has 1 nitrogen and oxygen atoms in total. The lowest BCUT2D eigenvalue weighted by molar-refractivity contribution is 0.0731. The molecule has 2 aliphatic carbocycles. The zero-order chi connectivity index (χ0) is 15.7. The van der Waals surface area contributed by atoms with Gasteiger partial charge in [0.2, 0.25) is 0 Å². The van der Waals surface area contributed by atoms with Crippen molar-refractivity contribution in [2.24, 2.45) is 22.7 Å². The highest BCUT2D eigenvalue weighted by atomic mass is 16.5. The van der Waals surface area contributed by atoms with Gasteiger partial charge in [0.05, 0.1) is 13.2 Å². The monoisotopic (exact) mass is 290 g/mol. The standard InChI is InChI=1S/C20H34O/c1-15-11-19(3,4)9-7-17(15)13-21-14-18-8-10-20(5,6)12-16(18)2/h11-12,17-18H,7-10,13-14H2,1-6H3. The fourth-order valence-corrected chi connectivity index (χ4v) is 3.94. The fraction of sp³-hybridized carbons (Fsp3) is 0.800. The summed E-state index contributed by atoms with van der Waals surface area (Å²) in [5.41, 5.74) is 3.83. The first kappa shape index (κ1) is 16.8. The van der Waals surface area contributed by atoms with Crippen LogP contribution in [0.15, 0.2) is 23.3 Å². The summed E-state index contributed by atoms with van der Waals surface area (Å²) >= 11 is 0. The highest BCUT2D eigenvalue weighted by molar-refractivity contribution is 5.14. The Morgan fingerprint density at radius 1 is 0.857 bits per heavy atom. The molecule has 0 radical (unpaired) electrons. The Balaban J connectivity index is 1.81. The minimum Gasteiger partial charge on any atom is -0.380 e. The summed E-state index contributed by atoms with van der Waals surface area (Å²) in [4.78, 5) is 0. The third kappa shape index (κ3) is 4.71. The molecule has 0 spiro atoms. The van der Waals surface area contributed by atoms with Gasteiger partial charge < -0.3 is 4.74 Å². The van der Waals surface area contributed by atoms with Gasteiger partial charge in [-0.3, -0.25) is 0 Å². The molecule has 0 aromatic heterocycles. The Labute approximate surface area is 131 Å².